The second kappa shape index (κ2) is 9.38. The fourth-order valence-corrected chi connectivity index (χ4v) is 3.61. The van der Waals surface area contributed by atoms with Gasteiger partial charge in [0.15, 0.2) is 11.5 Å². The molecule has 3 aromatic rings. The molecular formula is C25H24N4O5. The molecule has 0 bridgehead atoms. The summed E-state index contributed by atoms with van der Waals surface area (Å²) in [5.41, 5.74) is 1.82. The number of carbonyl (C=O) groups is 2. The summed E-state index contributed by atoms with van der Waals surface area (Å²) in [6.45, 7) is 0.890. The number of anilines is 1. The highest BCUT2D eigenvalue weighted by molar-refractivity contribution is 5.97. The maximum absolute atomic E-state index is 12.6. The van der Waals surface area contributed by atoms with Gasteiger partial charge in [-0.25, -0.2) is 4.68 Å². The number of aromatic nitrogens is 2. The van der Waals surface area contributed by atoms with E-state index in [1.54, 1.807) is 30.3 Å². The molecule has 2 heterocycles. The Morgan fingerprint density at radius 2 is 1.82 bits per heavy atom. The first-order valence-corrected chi connectivity index (χ1v) is 11.2. The summed E-state index contributed by atoms with van der Waals surface area (Å²) >= 11 is 0. The number of hydrogen-bond acceptors (Lipinski definition) is 6. The van der Waals surface area contributed by atoms with Crippen LogP contribution >= 0.6 is 0 Å². The van der Waals surface area contributed by atoms with E-state index in [0.29, 0.717) is 41.7 Å². The predicted octanol–water partition coefficient (Wildman–Crippen LogP) is 2.60. The van der Waals surface area contributed by atoms with Crippen molar-refractivity contribution in [1.29, 1.82) is 0 Å². The van der Waals surface area contributed by atoms with Gasteiger partial charge in [0.2, 0.25) is 5.91 Å². The Kier molecular flexibility index (Phi) is 5.99. The number of rotatable bonds is 6. The second-order valence-corrected chi connectivity index (χ2v) is 8.30. The minimum absolute atomic E-state index is 0.167. The lowest BCUT2D eigenvalue weighted by Crippen LogP contribution is -2.29. The standard InChI is InChI=1S/C25H24N4O5/c30-23(26-19-4-1-3-17(13-19)25(32)27-18-6-7-18)15-29-24(31)10-8-20(28-29)16-5-9-21-22(14-16)34-12-2-11-33-21/h1,3-5,8-10,13-14,18H,2,6-7,11-12,15H2,(H,26,30)(H,27,32). The highest BCUT2D eigenvalue weighted by Gasteiger charge is 2.24. The number of benzene rings is 2. The van der Waals surface area contributed by atoms with E-state index in [1.807, 2.05) is 18.2 Å². The molecular weight excluding hydrogens is 436 g/mol. The highest BCUT2D eigenvalue weighted by atomic mass is 16.5. The van der Waals surface area contributed by atoms with Crippen LogP contribution in [0.5, 0.6) is 11.5 Å². The molecule has 1 aromatic heterocycles. The van der Waals surface area contributed by atoms with E-state index in [9.17, 15) is 14.4 Å². The zero-order valence-corrected chi connectivity index (χ0v) is 18.5. The quantitative estimate of drug-likeness (QED) is 0.585. The van der Waals surface area contributed by atoms with Gasteiger partial charge in [0.05, 0.1) is 18.9 Å². The van der Waals surface area contributed by atoms with Gasteiger partial charge < -0.3 is 20.1 Å². The molecule has 1 saturated carbocycles. The lowest BCUT2D eigenvalue weighted by atomic mass is 10.1. The maximum Gasteiger partial charge on any atom is 0.267 e. The molecule has 0 unspecified atom stereocenters. The fraction of sp³-hybridized carbons (Fsp3) is 0.280. The Balaban J connectivity index is 1.30. The van der Waals surface area contributed by atoms with Gasteiger partial charge in [-0.2, -0.15) is 5.10 Å². The zero-order valence-electron chi connectivity index (χ0n) is 18.5. The van der Waals surface area contributed by atoms with Crippen LogP contribution < -0.4 is 25.7 Å². The van der Waals surface area contributed by atoms with E-state index >= 15 is 0 Å². The molecule has 0 saturated heterocycles. The molecule has 174 valence electrons. The van der Waals surface area contributed by atoms with Crippen molar-refractivity contribution < 1.29 is 19.1 Å². The Labute approximate surface area is 195 Å². The number of carbonyl (C=O) groups excluding carboxylic acids is 2. The van der Waals surface area contributed by atoms with E-state index < -0.39 is 11.5 Å². The monoisotopic (exact) mass is 460 g/mol. The highest BCUT2D eigenvalue weighted by Crippen LogP contribution is 2.33. The molecule has 2 amide bonds. The summed E-state index contributed by atoms with van der Waals surface area (Å²) < 4.78 is 12.5. The molecule has 2 aliphatic rings. The SMILES string of the molecule is O=C(Cn1nc(-c2ccc3c(c2)OCCCO3)ccc1=O)Nc1cccc(C(=O)NC2CC2)c1. The van der Waals surface area contributed by atoms with Crippen molar-refractivity contribution in [2.75, 3.05) is 18.5 Å². The summed E-state index contributed by atoms with van der Waals surface area (Å²) in [4.78, 5) is 37.2. The van der Waals surface area contributed by atoms with Crippen LogP contribution in [-0.2, 0) is 11.3 Å². The van der Waals surface area contributed by atoms with Crippen LogP contribution in [0.15, 0.2) is 59.4 Å². The van der Waals surface area contributed by atoms with Gasteiger partial charge in [0.25, 0.3) is 11.5 Å². The Bertz CT molecular complexity index is 1300. The molecule has 0 radical (unpaired) electrons. The lowest BCUT2D eigenvalue weighted by molar-refractivity contribution is -0.117. The molecule has 2 aromatic carbocycles. The third-order valence-electron chi connectivity index (χ3n) is 5.52. The van der Waals surface area contributed by atoms with Crippen LogP contribution in [0.1, 0.15) is 29.6 Å². The molecule has 1 aliphatic heterocycles. The summed E-state index contributed by atoms with van der Waals surface area (Å²) in [6.07, 6.45) is 2.79. The minimum Gasteiger partial charge on any atom is -0.490 e. The van der Waals surface area contributed by atoms with Crippen molar-refractivity contribution in [1.82, 2.24) is 15.1 Å². The normalized spacial score (nSPS) is 14.7. The minimum atomic E-state index is -0.426. The number of nitrogens with one attached hydrogen (secondary N) is 2. The van der Waals surface area contributed by atoms with Gasteiger partial charge in [-0.15, -0.1) is 0 Å². The van der Waals surface area contributed by atoms with Crippen molar-refractivity contribution in [3.63, 3.8) is 0 Å². The fourth-order valence-electron chi connectivity index (χ4n) is 3.61. The van der Waals surface area contributed by atoms with Crippen molar-refractivity contribution in [2.45, 2.75) is 31.8 Å². The molecule has 5 rings (SSSR count). The van der Waals surface area contributed by atoms with Crippen LogP contribution in [0.2, 0.25) is 0 Å². The van der Waals surface area contributed by atoms with Crippen LogP contribution in [0.3, 0.4) is 0 Å². The Morgan fingerprint density at radius 3 is 2.65 bits per heavy atom. The third kappa shape index (κ3) is 5.09. The Hall–Kier alpha value is -4.14. The van der Waals surface area contributed by atoms with Gasteiger partial charge >= 0.3 is 0 Å². The number of ether oxygens (including phenoxy) is 2. The molecule has 0 atom stereocenters. The van der Waals surface area contributed by atoms with E-state index in [0.717, 1.165) is 29.5 Å². The van der Waals surface area contributed by atoms with Gasteiger partial charge in [-0.1, -0.05) is 6.07 Å². The summed E-state index contributed by atoms with van der Waals surface area (Å²) in [5, 5.41) is 10.0. The van der Waals surface area contributed by atoms with Gasteiger partial charge in [-0.3, -0.25) is 14.4 Å². The number of amides is 2. The van der Waals surface area contributed by atoms with Crippen molar-refractivity contribution in [3.05, 3.63) is 70.5 Å². The predicted molar refractivity (Wildman–Crippen MR) is 125 cm³/mol. The van der Waals surface area contributed by atoms with Gasteiger partial charge in [-0.05, 0) is 55.3 Å². The smallest absolute Gasteiger partial charge is 0.267 e. The molecule has 34 heavy (non-hydrogen) atoms. The molecule has 1 aliphatic carbocycles. The summed E-state index contributed by atoms with van der Waals surface area (Å²) in [5.74, 6) is 0.698. The first kappa shape index (κ1) is 21.7. The lowest BCUT2D eigenvalue weighted by Gasteiger charge is -2.11. The molecule has 0 spiro atoms. The average molecular weight is 460 g/mol. The van der Waals surface area contributed by atoms with E-state index in [-0.39, 0.29) is 18.5 Å². The molecule has 1 fully saturated rings. The van der Waals surface area contributed by atoms with Crippen LogP contribution in [0.25, 0.3) is 11.3 Å². The van der Waals surface area contributed by atoms with Crippen molar-refractivity contribution in [3.8, 4) is 22.8 Å². The van der Waals surface area contributed by atoms with Crippen LogP contribution in [0.4, 0.5) is 5.69 Å². The molecule has 9 heteroatoms. The van der Waals surface area contributed by atoms with Crippen LogP contribution in [-0.4, -0.2) is 40.9 Å². The summed E-state index contributed by atoms with van der Waals surface area (Å²) in [6, 6.07) is 15.4. The number of nitrogens with zero attached hydrogens (tertiary/aromatic N) is 2. The number of fused-ring (bicyclic) bond motifs is 1. The first-order valence-electron chi connectivity index (χ1n) is 11.2. The van der Waals surface area contributed by atoms with E-state index in [1.165, 1.54) is 6.07 Å². The summed E-state index contributed by atoms with van der Waals surface area (Å²) in [7, 11) is 0. The van der Waals surface area contributed by atoms with E-state index in [4.69, 9.17) is 9.47 Å². The van der Waals surface area contributed by atoms with Crippen LogP contribution in [0, 0.1) is 0 Å². The van der Waals surface area contributed by atoms with Gasteiger partial charge in [0, 0.05) is 35.3 Å². The molecule has 9 nitrogen and oxygen atoms in total. The number of hydrogen-bond donors (Lipinski definition) is 2. The van der Waals surface area contributed by atoms with Crippen molar-refractivity contribution >= 4 is 17.5 Å². The largest absolute Gasteiger partial charge is 0.490 e. The Morgan fingerprint density at radius 1 is 1.00 bits per heavy atom. The topological polar surface area (TPSA) is 112 Å². The second-order valence-electron chi connectivity index (χ2n) is 8.30. The third-order valence-corrected chi connectivity index (χ3v) is 5.52. The van der Waals surface area contributed by atoms with Gasteiger partial charge in [0.1, 0.15) is 6.54 Å². The first-order chi connectivity index (χ1) is 16.5. The molecule has 2 N–H and O–H groups in total. The van der Waals surface area contributed by atoms with Crippen molar-refractivity contribution in [2.24, 2.45) is 0 Å². The van der Waals surface area contributed by atoms with E-state index in [2.05, 4.69) is 15.7 Å². The average Bonchev–Trinajstić information content (AvgIpc) is 3.67. The maximum atomic E-state index is 12.6. The zero-order chi connectivity index (χ0) is 23.5.